The minimum Gasteiger partial charge on any atom is -0.341 e. The van der Waals surface area contributed by atoms with E-state index in [4.69, 9.17) is 15.1 Å². The average Bonchev–Trinajstić information content (AvgIpc) is 3.66. The predicted octanol–water partition coefficient (Wildman–Crippen LogP) is 4.94. The number of imidazole rings is 1. The zero-order valence-electron chi connectivity index (χ0n) is 22.0. The number of hydrogen-bond donors (Lipinski definition) is 1. The van der Waals surface area contributed by atoms with Gasteiger partial charge in [-0.3, -0.25) is 8.89 Å². The number of benzene rings is 1. The van der Waals surface area contributed by atoms with Crippen LogP contribution in [-0.4, -0.2) is 58.1 Å². The zero-order chi connectivity index (χ0) is 25.9. The largest absolute Gasteiger partial charge is 0.341 e. The Hall–Kier alpha value is -3.27. The van der Waals surface area contributed by atoms with E-state index in [-0.39, 0.29) is 12.1 Å². The maximum Gasteiger partial charge on any atom is 0.229 e. The van der Waals surface area contributed by atoms with Gasteiger partial charge < -0.3 is 14.8 Å². The van der Waals surface area contributed by atoms with Crippen molar-refractivity contribution in [2.75, 3.05) is 34.8 Å². The van der Waals surface area contributed by atoms with Gasteiger partial charge in [0.1, 0.15) is 0 Å². The summed E-state index contributed by atoms with van der Waals surface area (Å²) < 4.78 is 16.0. The molecule has 2 aliphatic heterocycles. The van der Waals surface area contributed by atoms with Crippen LogP contribution in [-0.2, 0) is 10.8 Å². The first-order valence-corrected chi connectivity index (χ1v) is 14.8. The highest BCUT2D eigenvalue weighted by Gasteiger charge is 2.35. The summed E-state index contributed by atoms with van der Waals surface area (Å²) in [4.78, 5) is 16.7. The van der Waals surface area contributed by atoms with Gasteiger partial charge in [-0.15, -0.1) is 0 Å². The maximum absolute atomic E-state index is 11.9. The fourth-order valence-electron chi connectivity index (χ4n) is 5.02. The molecule has 1 aromatic carbocycles. The van der Waals surface area contributed by atoms with E-state index in [2.05, 4.69) is 45.7 Å². The van der Waals surface area contributed by atoms with Gasteiger partial charge in [-0.25, -0.2) is 4.98 Å². The summed E-state index contributed by atoms with van der Waals surface area (Å²) in [6, 6.07) is 10.6. The van der Waals surface area contributed by atoms with E-state index in [9.17, 15) is 4.21 Å². The molecule has 4 aromatic rings. The fraction of sp³-hybridized carbons (Fsp3) is 0.481. The van der Waals surface area contributed by atoms with Gasteiger partial charge in [-0.2, -0.15) is 15.1 Å². The van der Waals surface area contributed by atoms with E-state index in [0.717, 1.165) is 48.7 Å². The summed E-state index contributed by atoms with van der Waals surface area (Å²) in [5.41, 5.74) is 3.62. The molecule has 196 valence electrons. The van der Waals surface area contributed by atoms with Crippen molar-refractivity contribution in [3.05, 3.63) is 54.6 Å². The van der Waals surface area contributed by atoms with Gasteiger partial charge in [0, 0.05) is 53.6 Å². The van der Waals surface area contributed by atoms with Gasteiger partial charge in [0.15, 0.2) is 17.0 Å². The quantitative estimate of drug-likeness (QED) is 0.369. The molecule has 5 heterocycles. The van der Waals surface area contributed by atoms with Crippen molar-refractivity contribution in [2.24, 2.45) is 5.92 Å². The molecule has 1 unspecified atom stereocenters. The van der Waals surface area contributed by atoms with Crippen LogP contribution >= 0.6 is 0 Å². The Morgan fingerprint density at radius 1 is 1.05 bits per heavy atom. The number of rotatable bonds is 7. The van der Waals surface area contributed by atoms with Crippen molar-refractivity contribution in [3.63, 3.8) is 0 Å². The second-order valence-electron chi connectivity index (χ2n) is 9.71. The highest BCUT2D eigenvalue weighted by atomic mass is 32.2. The van der Waals surface area contributed by atoms with Crippen LogP contribution in [0.4, 0.5) is 17.5 Å². The first-order chi connectivity index (χ1) is 18.1. The Kier molecular flexibility index (Phi) is 7.55. The molecule has 6 rings (SSSR count). The van der Waals surface area contributed by atoms with Crippen molar-refractivity contribution in [1.29, 1.82) is 0 Å². The summed E-state index contributed by atoms with van der Waals surface area (Å²) in [5, 5.41) is 8.18. The third-order valence-electron chi connectivity index (χ3n) is 6.89. The lowest BCUT2D eigenvalue weighted by Gasteiger charge is -2.33. The number of fused-ring (bicyclic) bond motifs is 1. The van der Waals surface area contributed by atoms with E-state index in [1.165, 1.54) is 5.56 Å². The Bertz CT molecular complexity index is 1350. The molecule has 10 heteroatoms. The van der Waals surface area contributed by atoms with E-state index in [1.807, 2.05) is 55.4 Å². The molecule has 0 aliphatic carbocycles. The Morgan fingerprint density at radius 3 is 2.46 bits per heavy atom. The number of nitrogens with one attached hydrogen (secondary N) is 1. The molecule has 0 spiro atoms. The number of hydrogen-bond acceptors (Lipinski definition) is 7. The molecule has 0 saturated carbocycles. The Morgan fingerprint density at radius 2 is 1.78 bits per heavy atom. The fourth-order valence-corrected chi connectivity index (χ4v) is 6.24. The average molecular weight is 521 g/mol. The van der Waals surface area contributed by atoms with Gasteiger partial charge >= 0.3 is 0 Å². The standard InChI is InChI=1S/C25H30N8OS.C2H6/c1-17(2)32-16-26-21-23(29-25(30-24(21)32)31-10-6-7-11-31)28-20-12-27-33(13-20)22(19-14-35(34)15-19)18-8-4-3-5-9-18;1-2/h3-5,8-9,12-13,16-17,19,22H,6-7,10-11,14-15H2,1-2H3,(H,28,29,30);1-2H3. The third kappa shape index (κ3) is 5.12. The van der Waals surface area contributed by atoms with Gasteiger partial charge in [-0.1, -0.05) is 44.2 Å². The highest BCUT2D eigenvalue weighted by molar-refractivity contribution is 7.86. The zero-order valence-corrected chi connectivity index (χ0v) is 22.9. The molecule has 0 bridgehead atoms. The monoisotopic (exact) mass is 520 g/mol. The van der Waals surface area contributed by atoms with E-state index < -0.39 is 10.8 Å². The van der Waals surface area contributed by atoms with E-state index in [1.54, 1.807) is 0 Å². The molecule has 3 aromatic heterocycles. The smallest absolute Gasteiger partial charge is 0.229 e. The van der Waals surface area contributed by atoms with Crippen molar-refractivity contribution in [1.82, 2.24) is 29.3 Å². The third-order valence-corrected chi connectivity index (χ3v) is 8.49. The van der Waals surface area contributed by atoms with Crippen LogP contribution in [0, 0.1) is 5.92 Å². The van der Waals surface area contributed by atoms with Crippen molar-refractivity contribution >= 4 is 39.4 Å². The van der Waals surface area contributed by atoms with Crippen molar-refractivity contribution in [3.8, 4) is 0 Å². The number of nitrogens with zero attached hydrogens (tertiary/aromatic N) is 7. The lowest BCUT2D eigenvalue weighted by Crippen LogP contribution is -2.38. The van der Waals surface area contributed by atoms with Gasteiger partial charge in [0.2, 0.25) is 5.95 Å². The van der Waals surface area contributed by atoms with Gasteiger partial charge in [-0.05, 0) is 32.3 Å². The molecule has 2 saturated heterocycles. The van der Waals surface area contributed by atoms with Crippen molar-refractivity contribution < 1.29 is 4.21 Å². The van der Waals surface area contributed by atoms with Crippen LogP contribution in [0.1, 0.15) is 58.2 Å². The number of anilines is 3. The minimum absolute atomic E-state index is 0.0511. The van der Waals surface area contributed by atoms with Crippen LogP contribution in [0.15, 0.2) is 49.1 Å². The van der Waals surface area contributed by atoms with Crippen LogP contribution < -0.4 is 10.2 Å². The topological polar surface area (TPSA) is 93.8 Å². The van der Waals surface area contributed by atoms with Gasteiger partial charge in [0.05, 0.1) is 24.3 Å². The Balaban J connectivity index is 0.00000137. The minimum atomic E-state index is -0.725. The molecular weight excluding hydrogens is 484 g/mol. The highest BCUT2D eigenvalue weighted by Crippen LogP contribution is 2.34. The summed E-state index contributed by atoms with van der Waals surface area (Å²) >= 11 is 0. The van der Waals surface area contributed by atoms with Crippen LogP contribution in [0.2, 0.25) is 0 Å². The molecule has 9 nitrogen and oxygen atoms in total. The molecule has 0 amide bonds. The first-order valence-electron chi connectivity index (χ1n) is 13.3. The number of aromatic nitrogens is 6. The SMILES string of the molecule is CC.CC(C)n1cnc2c(Nc3cnn(C(c4ccccc4)C4CS(=O)C4)c3)nc(N3CCCC3)nc21. The molecule has 2 fully saturated rings. The van der Waals surface area contributed by atoms with Gasteiger partial charge in [0.25, 0.3) is 0 Å². The molecule has 1 atom stereocenters. The molecular formula is C27H36N8OS. The van der Waals surface area contributed by atoms with Crippen LogP contribution in [0.5, 0.6) is 0 Å². The second-order valence-corrected chi connectivity index (χ2v) is 11.3. The predicted molar refractivity (Wildman–Crippen MR) is 150 cm³/mol. The lowest BCUT2D eigenvalue weighted by atomic mass is 9.95. The molecule has 1 N–H and O–H groups in total. The van der Waals surface area contributed by atoms with Crippen LogP contribution in [0.25, 0.3) is 11.2 Å². The van der Waals surface area contributed by atoms with E-state index in [0.29, 0.717) is 23.2 Å². The summed E-state index contributed by atoms with van der Waals surface area (Å²) in [7, 11) is -0.725. The summed E-state index contributed by atoms with van der Waals surface area (Å²) in [5.74, 6) is 3.16. The van der Waals surface area contributed by atoms with Crippen LogP contribution in [0.3, 0.4) is 0 Å². The molecule has 2 aliphatic rings. The summed E-state index contributed by atoms with van der Waals surface area (Å²) in [6.45, 7) is 10.2. The normalized spacial score (nSPS) is 20.0. The van der Waals surface area contributed by atoms with Crippen molar-refractivity contribution in [2.45, 2.75) is 52.6 Å². The van der Waals surface area contributed by atoms with E-state index >= 15 is 0 Å². The molecule has 0 radical (unpaired) electrons. The second kappa shape index (κ2) is 11.0. The molecule has 37 heavy (non-hydrogen) atoms. The maximum atomic E-state index is 11.9. The Labute approximate surface area is 220 Å². The summed E-state index contributed by atoms with van der Waals surface area (Å²) in [6.07, 6.45) is 8.01. The lowest BCUT2D eigenvalue weighted by molar-refractivity contribution is 0.390. The first kappa shape index (κ1) is 25.4.